The van der Waals surface area contributed by atoms with Gasteiger partial charge in [0.05, 0.1) is 13.4 Å². The fourth-order valence-electron chi connectivity index (χ4n) is 0.235. The summed E-state index contributed by atoms with van der Waals surface area (Å²) < 4.78 is 4.50. The van der Waals surface area contributed by atoms with E-state index < -0.39 is 5.91 Å². The number of nitrogens with two attached hydrogens (primary N) is 1. The summed E-state index contributed by atoms with van der Waals surface area (Å²) in [6.45, 7) is 1.59. The van der Waals surface area contributed by atoms with Crippen LogP contribution in [-0.4, -0.2) is 13.0 Å². The number of ether oxygens (including phenoxy) is 1. The van der Waals surface area contributed by atoms with Crippen molar-refractivity contribution in [3.05, 3.63) is 11.8 Å². The van der Waals surface area contributed by atoms with Crippen molar-refractivity contribution < 1.29 is 9.53 Å². The number of methoxy groups -OCH3 is 1. The summed E-state index contributed by atoms with van der Waals surface area (Å²) >= 11 is 0. The second kappa shape index (κ2) is 3.07. The standard InChI is InChI=1S/C5H9NO2/c1-4(3-8-2)5(6)7/h3H,1-2H3,(H2,6,7)/b4-3-. The van der Waals surface area contributed by atoms with Gasteiger partial charge in [0.2, 0.25) is 5.91 Å². The second-order valence-electron chi connectivity index (χ2n) is 1.40. The van der Waals surface area contributed by atoms with Crippen LogP contribution in [0.5, 0.6) is 0 Å². The minimum atomic E-state index is -0.452. The first kappa shape index (κ1) is 7.01. The van der Waals surface area contributed by atoms with E-state index in [0.717, 1.165) is 0 Å². The fourth-order valence-corrected chi connectivity index (χ4v) is 0.235. The molecule has 0 aliphatic carbocycles. The van der Waals surface area contributed by atoms with Crippen molar-refractivity contribution >= 4 is 5.91 Å². The predicted molar refractivity (Wildman–Crippen MR) is 30.0 cm³/mol. The van der Waals surface area contributed by atoms with Crippen LogP contribution >= 0.6 is 0 Å². The van der Waals surface area contributed by atoms with Crippen molar-refractivity contribution in [3.8, 4) is 0 Å². The van der Waals surface area contributed by atoms with Crippen LogP contribution < -0.4 is 5.73 Å². The molecule has 46 valence electrons. The number of hydrogen-bond donors (Lipinski definition) is 1. The highest BCUT2D eigenvalue weighted by atomic mass is 16.5. The molecule has 0 radical (unpaired) electrons. The lowest BCUT2D eigenvalue weighted by Crippen LogP contribution is -2.11. The third-order valence-corrected chi connectivity index (χ3v) is 0.683. The molecular formula is C5H9NO2. The van der Waals surface area contributed by atoms with Gasteiger partial charge < -0.3 is 10.5 Å². The summed E-state index contributed by atoms with van der Waals surface area (Å²) in [5.74, 6) is -0.452. The molecule has 0 heterocycles. The average molecular weight is 115 g/mol. The summed E-state index contributed by atoms with van der Waals surface area (Å²) in [7, 11) is 1.46. The molecule has 0 aliphatic rings. The molecule has 0 spiro atoms. The van der Waals surface area contributed by atoms with Crippen LogP contribution in [0.4, 0.5) is 0 Å². The Hall–Kier alpha value is -0.990. The van der Waals surface area contributed by atoms with Crippen LogP contribution in [0.15, 0.2) is 11.8 Å². The molecule has 0 rings (SSSR count). The van der Waals surface area contributed by atoms with Gasteiger partial charge in [0.1, 0.15) is 0 Å². The van der Waals surface area contributed by atoms with E-state index in [1.807, 2.05) is 0 Å². The van der Waals surface area contributed by atoms with Crippen molar-refractivity contribution in [2.24, 2.45) is 5.73 Å². The Balaban J connectivity index is 3.80. The molecule has 0 aromatic heterocycles. The predicted octanol–water partition coefficient (Wildman–Crippen LogP) is 0.0219. The summed E-state index contributed by atoms with van der Waals surface area (Å²) in [5, 5.41) is 0. The van der Waals surface area contributed by atoms with Gasteiger partial charge in [-0.15, -0.1) is 0 Å². The lowest BCUT2D eigenvalue weighted by Gasteiger charge is -1.90. The zero-order chi connectivity index (χ0) is 6.57. The highest BCUT2D eigenvalue weighted by molar-refractivity contribution is 5.90. The quantitative estimate of drug-likeness (QED) is 0.407. The summed E-state index contributed by atoms with van der Waals surface area (Å²) in [6.07, 6.45) is 1.31. The Morgan fingerprint density at radius 3 is 2.38 bits per heavy atom. The van der Waals surface area contributed by atoms with Gasteiger partial charge in [0, 0.05) is 5.57 Å². The van der Waals surface area contributed by atoms with Gasteiger partial charge in [0.15, 0.2) is 0 Å². The number of carbonyl (C=O) groups excluding carboxylic acids is 1. The molecule has 0 fully saturated rings. The van der Waals surface area contributed by atoms with Crippen LogP contribution in [-0.2, 0) is 9.53 Å². The third-order valence-electron chi connectivity index (χ3n) is 0.683. The van der Waals surface area contributed by atoms with Gasteiger partial charge in [0.25, 0.3) is 0 Å². The Kier molecular flexibility index (Phi) is 2.69. The largest absolute Gasteiger partial charge is 0.504 e. The van der Waals surface area contributed by atoms with E-state index in [-0.39, 0.29) is 0 Å². The first-order chi connectivity index (χ1) is 3.68. The maximum atomic E-state index is 10.2. The second-order valence-corrected chi connectivity index (χ2v) is 1.40. The van der Waals surface area contributed by atoms with E-state index >= 15 is 0 Å². The lowest BCUT2D eigenvalue weighted by atomic mass is 10.3. The highest BCUT2D eigenvalue weighted by Gasteiger charge is 1.93. The zero-order valence-electron chi connectivity index (χ0n) is 4.97. The fraction of sp³-hybridized carbons (Fsp3) is 0.400. The minimum absolute atomic E-state index is 0.424. The van der Waals surface area contributed by atoms with Gasteiger partial charge in [-0.2, -0.15) is 0 Å². The Bertz CT molecular complexity index is 118. The first-order valence-electron chi connectivity index (χ1n) is 2.18. The molecule has 0 unspecified atom stereocenters. The molecule has 2 N–H and O–H groups in total. The minimum Gasteiger partial charge on any atom is -0.504 e. The van der Waals surface area contributed by atoms with Crippen molar-refractivity contribution in [1.82, 2.24) is 0 Å². The number of carbonyl (C=O) groups is 1. The summed E-state index contributed by atoms with van der Waals surface area (Å²) in [6, 6.07) is 0. The summed E-state index contributed by atoms with van der Waals surface area (Å²) in [4.78, 5) is 10.2. The van der Waals surface area contributed by atoms with Crippen LogP contribution in [0.25, 0.3) is 0 Å². The van der Waals surface area contributed by atoms with E-state index in [1.54, 1.807) is 6.92 Å². The highest BCUT2D eigenvalue weighted by Crippen LogP contribution is 1.87. The van der Waals surface area contributed by atoms with E-state index in [9.17, 15) is 4.79 Å². The van der Waals surface area contributed by atoms with Gasteiger partial charge >= 0.3 is 0 Å². The van der Waals surface area contributed by atoms with E-state index in [4.69, 9.17) is 5.73 Å². The SMILES string of the molecule is CO/C=C(/C)C(N)=O. The van der Waals surface area contributed by atoms with E-state index in [2.05, 4.69) is 4.74 Å². The molecule has 0 saturated heterocycles. The maximum Gasteiger partial charge on any atom is 0.247 e. The normalized spacial score (nSPS) is 11.0. The van der Waals surface area contributed by atoms with Gasteiger partial charge in [-0.1, -0.05) is 0 Å². The molecule has 0 atom stereocenters. The van der Waals surface area contributed by atoms with Crippen LogP contribution in [0, 0.1) is 0 Å². The van der Waals surface area contributed by atoms with Crippen molar-refractivity contribution in [3.63, 3.8) is 0 Å². The average Bonchev–Trinajstić information content (AvgIpc) is 1.67. The Morgan fingerprint density at radius 1 is 1.75 bits per heavy atom. The van der Waals surface area contributed by atoms with Crippen LogP contribution in [0.1, 0.15) is 6.92 Å². The number of amides is 1. The van der Waals surface area contributed by atoms with Gasteiger partial charge in [-0.3, -0.25) is 4.79 Å². The van der Waals surface area contributed by atoms with Gasteiger partial charge in [-0.25, -0.2) is 0 Å². The van der Waals surface area contributed by atoms with Crippen LogP contribution in [0.2, 0.25) is 0 Å². The van der Waals surface area contributed by atoms with E-state index in [1.165, 1.54) is 13.4 Å². The van der Waals surface area contributed by atoms with Crippen molar-refractivity contribution in [2.45, 2.75) is 6.92 Å². The first-order valence-corrected chi connectivity index (χ1v) is 2.18. The maximum absolute atomic E-state index is 10.2. The number of primary amides is 1. The Morgan fingerprint density at radius 2 is 2.25 bits per heavy atom. The van der Waals surface area contributed by atoms with Crippen molar-refractivity contribution in [1.29, 1.82) is 0 Å². The van der Waals surface area contributed by atoms with Crippen molar-refractivity contribution in [2.75, 3.05) is 7.11 Å². The van der Waals surface area contributed by atoms with Gasteiger partial charge in [-0.05, 0) is 6.92 Å². The molecular weight excluding hydrogens is 106 g/mol. The third kappa shape index (κ3) is 2.23. The molecule has 0 aliphatic heterocycles. The summed E-state index contributed by atoms with van der Waals surface area (Å²) in [5.41, 5.74) is 5.26. The molecule has 3 heteroatoms. The van der Waals surface area contributed by atoms with E-state index in [0.29, 0.717) is 5.57 Å². The number of hydrogen-bond acceptors (Lipinski definition) is 2. The van der Waals surface area contributed by atoms with Crippen LogP contribution in [0.3, 0.4) is 0 Å². The zero-order valence-corrected chi connectivity index (χ0v) is 4.97. The monoisotopic (exact) mass is 115 g/mol. The topological polar surface area (TPSA) is 52.3 Å². The number of rotatable bonds is 2. The lowest BCUT2D eigenvalue weighted by molar-refractivity contribution is -0.114. The smallest absolute Gasteiger partial charge is 0.247 e. The molecule has 1 amide bonds. The molecule has 0 aromatic rings. The molecule has 8 heavy (non-hydrogen) atoms. The molecule has 0 aromatic carbocycles. The Labute approximate surface area is 48.1 Å². The molecule has 0 saturated carbocycles. The molecule has 3 nitrogen and oxygen atoms in total. The molecule has 0 bridgehead atoms.